The lowest BCUT2D eigenvalue weighted by molar-refractivity contribution is 0.0996. The van der Waals surface area contributed by atoms with Crippen LogP contribution in [0.1, 0.15) is 22.3 Å². The van der Waals surface area contributed by atoms with E-state index in [9.17, 15) is 9.18 Å². The van der Waals surface area contributed by atoms with Gasteiger partial charge in [-0.15, -0.1) is 0 Å². The van der Waals surface area contributed by atoms with Gasteiger partial charge in [0.1, 0.15) is 23.2 Å². The Balaban J connectivity index is 1.55. The van der Waals surface area contributed by atoms with E-state index in [4.69, 9.17) is 27.1 Å². The number of halogens is 2. The molecule has 2 aliphatic heterocycles. The van der Waals surface area contributed by atoms with Crippen LogP contribution >= 0.6 is 11.6 Å². The van der Waals surface area contributed by atoms with Crippen LogP contribution in [0.4, 0.5) is 16.0 Å². The predicted molar refractivity (Wildman–Crippen MR) is 121 cm³/mol. The number of nitrogens with zero attached hydrogens (tertiary/aromatic N) is 4. The number of pyridine rings is 2. The molecule has 1 saturated heterocycles. The Hall–Kier alpha value is -3.23. The minimum Gasteiger partial charge on any atom is -0.496 e. The van der Waals surface area contributed by atoms with Gasteiger partial charge in [-0.3, -0.25) is 14.7 Å². The molecule has 0 radical (unpaired) electrons. The van der Waals surface area contributed by atoms with Crippen molar-refractivity contribution in [2.24, 2.45) is 5.73 Å². The molecule has 1 unspecified atom stereocenters. The number of hydrogen-bond acceptors (Lipinski definition) is 6. The fourth-order valence-electron chi connectivity index (χ4n) is 4.30. The molecule has 0 bridgehead atoms. The number of fused-ring (bicyclic) bond motifs is 1. The van der Waals surface area contributed by atoms with Crippen molar-refractivity contribution in [3.63, 3.8) is 0 Å². The Morgan fingerprint density at radius 1 is 1.25 bits per heavy atom. The summed E-state index contributed by atoms with van der Waals surface area (Å²) in [5.41, 5.74) is 7.71. The van der Waals surface area contributed by atoms with E-state index in [-0.39, 0.29) is 24.1 Å². The molecule has 0 aliphatic carbocycles. The highest BCUT2D eigenvalue weighted by Gasteiger charge is 2.34. The number of nitrogens with two attached hydrogens (primary N) is 1. The van der Waals surface area contributed by atoms with Crippen LogP contribution < -0.4 is 20.3 Å². The maximum absolute atomic E-state index is 14.8. The van der Waals surface area contributed by atoms with Crippen molar-refractivity contribution in [2.75, 3.05) is 30.0 Å². The van der Waals surface area contributed by atoms with E-state index in [1.54, 1.807) is 30.3 Å². The summed E-state index contributed by atoms with van der Waals surface area (Å²) in [4.78, 5) is 26.0. The normalized spacial score (nSPS) is 17.8. The minimum atomic E-state index is -0.468. The third-order valence-electron chi connectivity index (χ3n) is 5.87. The van der Waals surface area contributed by atoms with Crippen molar-refractivity contribution in [2.45, 2.75) is 19.0 Å². The van der Waals surface area contributed by atoms with Crippen LogP contribution in [0.2, 0.25) is 5.02 Å². The molecule has 9 heteroatoms. The van der Waals surface area contributed by atoms with E-state index in [0.29, 0.717) is 45.8 Å². The molecular weight excluding hydrogens is 433 g/mol. The zero-order valence-electron chi connectivity index (χ0n) is 17.4. The van der Waals surface area contributed by atoms with Crippen molar-refractivity contribution in [3.05, 3.63) is 64.6 Å². The molecule has 0 spiro atoms. The van der Waals surface area contributed by atoms with Crippen molar-refractivity contribution in [3.8, 4) is 17.0 Å². The van der Waals surface area contributed by atoms with Gasteiger partial charge < -0.3 is 15.4 Å². The van der Waals surface area contributed by atoms with Crippen molar-refractivity contribution < 1.29 is 13.9 Å². The van der Waals surface area contributed by atoms with Gasteiger partial charge in [-0.2, -0.15) is 0 Å². The first-order valence-corrected chi connectivity index (χ1v) is 10.6. The fraction of sp³-hybridized carbons (Fsp3) is 0.261. The molecule has 32 heavy (non-hydrogen) atoms. The lowest BCUT2D eigenvalue weighted by Gasteiger charge is -2.21. The Kier molecular flexibility index (Phi) is 5.19. The molecule has 7 nitrogen and oxygen atoms in total. The molecule has 4 heterocycles. The highest BCUT2D eigenvalue weighted by Crippen LogP contribution is 2.39. The van der Waals surface area contributed by atoms with E-state index in [1.807, 2.05) is 0 Å². The average molecular weight is 454 g/mol. The Labute approximate surface area is 189 Å². The maximum atomic E-state index is 14.8. The van der Waals surface area contributed by atoms with Crippen LogP contribution in [0, 0.1) is 5.82 Å². The molecular formula is C23H21ClFN5O2. The molecule has 2 N–H and O–H groups in total. The first kappa shape index (κ1) is 20.7. The van der Waals surface area contributed by atoms with Crippen molar-refractivity contribution in [1.82, 2.24) is 9.97 Å². The van der Waals surface area contributed by atoms with Crippen LogP contribution in [0.25, 0.3) is 11.3 Å². The van der Waals surface area contributed by atoms with Crippen LogP contribution in [-0.2, 0) is 6.54 Å². The number of rotatable bonds is 4. The highest BCUT2D eigenvalue weighted by molar-refractivity contribution is 6.31. The minimum absolute atomic E-state index is 0.0845. The molecule has 0 saturated carbocycles. The lowest BCUT2D eigenvalue weighted by Crippen LogP contribution is -2.28. The molecule has 2 aliphatic rings. The number of hydrogen-bond donors (Lipinski definition) is 1. The van der Waals surface area contributed by atoms with E-state index in [0.717, 1.165) is 13.0 Å². The maximum Gasteiger partial charge on any atom is 0.260 e. The van der Waals surface area contributed by atoms with Gasteiger partial charge in [-0.25, -0.2) is 9.37 Å². The topological polar surface area (TPSA) is 84.6 Å². The number of anilines is 2. The highest BCUT2D eigenvalue weighted by atomic mass is 35.5. The first-order chi connectivity index (χ1) is 15.5. The fourth-order valence-corrected chi connectivity index (χ4v) is 4.49. The van der Waals surface area contributed by atoms with Gasteiger partial charge in [0.05, 0.1) is 24.9 Å². The second-order valence-corrected chi connectivity index (χ2v) is 8.33. The van der Waals surface area contributed by atoms with E-state index < -0.39 is 5.82 Å². The monoisotopic (exact) mass is 453 g/mol. The van der Waals surface area contributed by atoms with Gasteiger partial charge in [0, 0.05) is 41.5 Å². The first-order valence-electron chi connectivity index (χ1n) is 10.3. The molecule has 3 aromatic rings. The third-order valence-corrected chi connectivity index (χ3v) is 6.09. The van der Waals surface area contributed by atoms with Gasteiger partial charge in [0.2, 0.25) is 0 Å². The van der Waals surface area contributed by atoms with E-state index >= 15 is 0 Å². The van der Waals surface area contributed by atoms with Crippen LogP contribution in [0.5, 0.6) is 5.75 Å². The number of carbonyl (C=O) groups is 1. The number of benzene rings is 1. The quantitative estimate of drug-likeness (QED) is 0.649. The summed E-state index contributed by atoms with van der Waals surface area (Å²) < 4.78 is 20.1. The van der Waals surface area contributed by atoms with Crippen LogP contribution in [-0.4, -0.2) is 42.1 Å². The predicted octanol–water partition coefficient (Wildman–Crippen LogP) is 3.64. The average Bonchev–Trinajstić information content (AvgIpc) is 3.37. The number of aromatic nitrogens is 2. The van der Waals surface area contributed by atoms with Crippen LogP contribution in [0.3, 0.4) is 0 Å². The summed E-state index contributed by atoms with van der Waals surface area (Å²) in [6.45, 7) is 1.66. The summed E-state index contributed by atoms with van der Waals surface area (Å²) >= 11 is 6.38. The smallest absolute Gasteiger partial charge is 0.260 e. The van der Waals surface area contributed by atoms with Crippen molar-refractivity contribution >= 4 is 29.1 Å². The summed E-state index contributed by atoms with van der Waals surface area (Å²) in [7, 11) is 1.47. The van der Waals surface area contributed by atoms with Gasteiger partial charge in [-0.1, -0.05) is 17.7 Å². The SMILES string of the molecule is COc1cccc(F)c1-c1nccc2c1CN(c1cc(Cl)cc(N3CCC(N)C3)n1)C2=O. The summed E-state index contributed by atoms with van der Waals surface area (Å²) in [5.74, 6) is 0.756. The molecule has 1 atom stereocenters. The zero-order valence-corrected chi connectivity index (χ0v) is 18.1. The van der Waals surface area contributed by atoms with E-state index in [1.165, 1.54) is 24.3 Å². The van der Waals surface area contributed by atoms with Crippen LogP contribution in [0.15, 0.2) is 42.6 Å². The second-order valence-electron chi connectivity index (χ2n) is 7.89. The number of methoxy groups -OCH3 is 1. The molecule has 1 amide bonds. The zero-order chi connectivity index (χ0) is 22.4. The van der Waals surface area contributed by atoms with Gasteiger partial charge in [0.15, 0.2) is 0 Å². The Bertz CT molecular complexity index is 1220. The second kappa shape index (κ2) is 8.03. The molecule has 1 fully saturated rings. The summed E-state index contributed by atoms with van der Waals surface area (Å²) in [5, 5.41) is 0.475. The molecule has 1 aromatic carbocycles. The molecule has 5 rings (SSSR count). The third kappa shape index (κ3) is 3.45. The van der Waals surface area contributed by atoms with Gasteiger partial charge in [0.25, 0.3) is 5.91 Å². The lowest BCUT2D eigenvalue weighted by atomic mass is 10.0. The Morgan fingerprint density at radius 3 is 2.81 bits per heavy atom. The standard InChI is InChI=1S/C23H21ClFN5O2/c1-32-18-4-2-3-17(25)21(18)22-16-12-30(23(31)15(16)5-7-27-22)20-10-13(24)9-19(28-20)29-8-6-14(26)11-29/h2-5,7,9-10,14H,6,8,11-12,26H2,1H3. The summed E-state index contributed by atoms with van der Waals surface area (Å²) in [6, 6.07) is 9.73. The number of carbonyl (C=O) groups excluding carboxylic acids is 1. The van der Waals surface area contributed by atoms with E-state index in [2.05, 4.69) is 9.88 Å². The van der Waals surface area contributed by atoms with Gasteiger partial charge >= 0.3 is 0 Å². The van der Waals surface area contributed by atoms with Gasteiger partial charge in [-0.05, 0) is 36.8 Å². The molecule has 164 valence electrons. The largest absolute Gasteiger partial charge is 0.496 e. The Morgan fingerprint density at radius 2 is 2.06 bits per heavy atom. The number of amides is 1. The van der Waals surface area contributed by atoms with Crippen molar-refractivity contribution in [1.29, 1.82) is 0 Å². The summed E-state index contributed by atoms with van der Waals surface area (Å²) in [6.07, 6.45) is 2.38. The number of ether oxygens (including phenoxy) is 1. The molecule has 2 aromatic heterocycles.